The largest absolute Gasteiger partial charge is 0.496 e. The Morgan fingerprint density at radius 2 is 1.19 bits per heavy atom. The van der Waals surface area contributed by atoms with Gasteiger partial charge in [0.15, 0.2) is 17.3 Å². The number of benzene rings is 5. The van der Waals surface area contributed by atoms with Crippen LogP contribution in [0, 0.1) is 0 Å². The molecule has 5 aromatic carbocycles. The van der Waals surface area contributed by atoms with Gasteiger partial charge in [0.2, 0.25) is 0 Å². The first-order valence-corrected chi connectivity index (χ1v) is 15.1. The second-order valence-electron chi connectivity index (χ2n) is 10.5. The highest BCUT2D eigenvalue weighted by atomic mass is 16.5. The molecule has 0 aromatic heterocycles. The molecule has 48 heavy (non-hydrogen) atoms. The maximum absolute atomic E-state index is 13.6. The standard InChI is InChI=1S/C40H34N2O6/c1-46-36-26-38(48-3)37(47-2)25-32(36)24-34(42-39(44)31-12-8-5-9-13-31)40(45)41-33-21-19-30(20-22-33)35(43)23-16-27-14-17-29(18-15-27)28-10-6-4-7-11-28/h4-26H,1-3H3,(H,41,45)(H,42,44)/b23-16+,34-24-. The van der Waals surface area contributed by atoms with Crippen molar-refractivity contribution in [3.8, 4) is 28.4 Å². The van der Waals surface area contributed by atoms with Crippen LogP contribution in [0.2, 0.25) is 0 Å². The lowest BCUT2D eigenvalue weighted by Crippen LogP contribution is -2.30. The van der Waals surface area contributed by atoms with Gasteiger partial charge in [-0.1, -0.05) is 78.9 Å². The van der Waals surface area contributed by atoms with Crippen LogP contribution < -0.4 is 24.8 Å². The molecule has 0 saturated heterocycles. The van der Waals surface area contributed by atoms with E-state index in [2.05, 4.69) is 10.6 Å². The van der Waals surface area contributed by atoms with E-state index in [0.29, 0.717) is 39.6 Å². The van der Waals surface area contributed by atoms with Gasteiger partial charge in [-0.15, -0.1) is 0 Å². The van der Waals surface area contributed by atoms with Gasteiger partial charge < -0.3 is 24.8 Å². The molecule has 0 spiro atoms. The lowest BCUT2D eigenvalue weighted by Gasteiger charge is -2.15. The van der Waals surface area contributed by atoms with Crippen molar-refractivity contribution < 1.29 is 28.6 Å². The van der Waals surface area contributed by atoms with E-state index < -0.39 is 11.8 Å². The molecular formula is C40H34N2O6. The Bertz CT molecular complexity index is 1950. The summed E-state index contributed by atoms with van der Waals surface area (Å²) in [6, 6.07) is 36.4. The van der Waals surface area contributed by atoms with Crippen molar-refractivity contribution in [1.82, 2.24) is 5.32 Å². The van der Waals surface area contributed by atoms with Crippen LogP contribution in [-0.4, -0.2) is 38.9 Å². The predicted molar refractivity (Wildman–Crippen MR) is 188 cm³/mol. The molecule has 2 N–H and O–H groups in total. The highest BCUT2D eigenvalue weighted by Gasteiger charge is 2.18. The fourth-order valence-corrected chi connectivity index (χ4v) is 4.87. The Morgan fingerprint density at radius 1 is 0.604 bits per heavy atom. The summed E-state index contributed by atoms with van der Waals surface area (Å²) in [6.07, 6.45) is 4.77. The van der Waals surface area contributed by atoms with E-state index in [1.807, 2.05) is 54.6 Å². The number of hydrogen-bond donors (Lipinski definition) is 2. The summed E-state index contributed by atoms with van der Waals surface area (Å²) in [5.74, 6) is 0.00706. The zero-order valence-electron chi connectivity index (χ0n) is 26.7. The van der Waals surface area contributed by atoms with E-state index in [1.54, 1.807) is 72.8 Å². The third-order valence-electron chi connectivity index (χ3n) is 7.44. The van der Waals surface area contributed by atoms with Crippen LogP contribution in [0.1, 0.15) is 31.8 Å². The fourth-order valence-electron chi connectivity index (χ4n) is 4.87. The van der Waals surface area contributed by atoms with Crippen LogP contribution in [0.4, 0.5) is 5.69 Å². The molecule has 0 fully saturated rings. The molecule has 0 aliphatic rings. The van der Waals surface area contributed by atoms with Gasteiger partial charge in [0.1, 0.15) is 11.4 Å². The maximum atomic E-state index is 13.6. The number of rotatable bonds is 12. The Kier molecular flexibility index (Phi) is 10.8. The number of nitrogens with one attached hydrogen (secondary N) is 2. The number of methoxy groups -OCH3 is 3. The normalized spacial score (nSPS) is 11.1. The lowest BCUT2D eigenvalue weighted by molar-refractivity contribution is -0.113. The number of anilines is 1. The molecule has 0 saturated carbocycles. The van der Waals surface area contributed by atoms with E-state index in [0.717, 1.165) is 16.7 Å². The topological polar surface area (TPSA) is 103 Å². The monoisotopic (exact) mass is 638 g/mol. The molecule has 240 valence electrons. The van der Waals surface area contributed by atoms with Gasteiger partial charge in [0, 0.05) is 28.4 Å². The summed E-state index contributed by atoms with van der Waals surface area (Å²) in [6.45, 7) is 0. The lowest BCUT2D eigenvalue weighted by atomic mass is 10.0. The Hall–Kier alpha value is -6.41. The summed E-state index contributed by atoms with van der Waals surface area (Å²) in [5, 5.41) is 5.52. The number of hydrogen-bond acceptors (Lipinski definition) is 6. The van der Waals surface area contributed by atoms with Crippen LogP contribution in [0.5, 0.6) is 17.2 Å². The fraction of sp³-hybridized carbons (Fsp3) is 0.0750. The molecule has 8 heteroatoms. The summed E-state index contributed by atoms with van der Waals surface area (Å²) in [4.78, 5) is 39.6. The van der Waals surface area contributed by atoms with Gasteiger partial charge in [-0.05, 0) is 71.3 Å². The molecule has 0 bridgehead atoms. The minimum absolute atomic E-state index is 0.0456. The third-order valence-corrected chi connectivity index (χ3v) is 7.44. The van der Waals surface area contributed by atoms with E-state index in [4.69, 9.17) is 14.2 Å². The molecule has 0 heterocycles. The Morgan fingerprint density at radius 3 is 1.81 bits per heavy atom. The minimum atomic E-state index is -0.589. The summed E-state index contributed by atoms with van der Waals surface area (Å²) >= 11 is 0. The zero-order chi connectivity index (χ0) is 33.9. The van der Waals surface area contributed by atoms with E-state index in [-0.39, 0.29) is 11.5 Å². The molecule has 0 radical (unpaired) electrons. The van der Waals surface area contributed by atoms with Crippen LogP contribution >= 0.6 is 0 Å². The Labute approximate surface area is 279 Å². The molecule has 8 nitrogen and oxygen atoms in total. The van der Waals surface area contributed by atoms with Crippen molar-refractivity contribution in [2.75, 3.05) is 26.6 Å². The van der Waals surface area contributed by atoms with Crippen LogP contribution in [0.25, 0.3) is 23.3 Å². The summed E-state index contributed by atoms with van der Waals surface area (Å²) in [5.41, 5.74) is 4.79. The number of allylic oxidation sites excluding steroid dienone is 1. The van der Waals surface area contributed by atoms with Crippen molar-refractivity contribution in [3.05, 3.63) is 155 Å². The first-order chi connectivity index (χ1) is 23.4. The second kappa shape index (κ2) is 15.7. The van der Waals surface area contributed by atoms with Gasteiger partial charge in [-0.2, -0.15) is 0 Å². The van der Waals surface area contributed by atoms with Crippen molar-refractivity contribution in [1.29, 1.82) is 0 Å². The smallest absolute Gasteiger partial charge is 0.272 e. The molecule has 5 rings (SSSR count). The highest BCUT2D eigenvalue weighted by molar-refractivity contribution is 6.11. The van der Waals surface area contributed by atoms with Gasteiger partial charge in [0.25, 0.3) is 11.8 Å². The van der Waals surface area contributed by atoms with Crippen LogP contribution in [0.15, 0.2) is 133 Å². The average molecular weight is 639 g/mol. The third kappa shape index (κ3) is 8.24. The number of ether oxygens (including phenoxy) is 3. The van der Waals surface area contributed by atoms with E-state index in [9.17, 15) is 14.4 Å². The summed E-state index contributed by atoms with van der Waals surface area (Å²) < 4.78 is 16.3. The van der Waals surface area contributed by atoms with Gasteiger partial charge in [0.05, 0.1) is 21.3 Å². The van der Waals surface area contributed by atoms with E-state index in [1.165, 1.54) is 33.5 Å². The minimum Gasteiger partial charge on any atom is -0.496 e. The van der Waals surface area contributed by atoms with Crippen LogP contribution in [-0.2, 0) is 4.79 Å². The molecule has 5 aromatic rings. The molecular weight excluding hydrogens is 604 g/mol. The highest BCUT2D eigenvalue weighted by Crippen LogP contribution is 2.35. The quantitative estimate of drug-likeness (QED) is 0.107. The van der Waals surface area contributed by atoms with Crippen molar-refractivity contribution in [3.63, 3.8) is 0 Å². The summed E-state index contributed by atoms with van der Waals surface area (Å²) in [7, 11) is 4.49. The van der Waals surface area contributed by atoms with E-state index >= 15 is 0 Å². The van der Waals surface area contributed by atoms with Gasteiger partial charge in [-0.3, -0.25) is 14.4 Å². The zero-order valence-corrected chi connectivity index (χ0v) is 26.7. The Balaban J connectivity index is 1.33. The average Bonchev–Trinajstić information content (AvgIpc) is 3.14. The molecule has 0 aliphatic heterocycles. The van der Waals surface area contributed by atoms with Crippen molar-refractivity contribution in [2.24, 2.45) is 0 Å². The molecule has 0 aliphatic carbocycles. The van der Waals surface area contributed by atoms with Gasteiger partial charge >= 0.3 is 0 Å². The predicted octanol–water partition coefficient (Wildman–Crippen LogP) is 7.69. The van der Waals surface area contributed by atoms with Crippen LogP contribution in [0.3, 0.4) is 0 Å². The number of amides is 2. The van der Waals surface area contributed by atoms with Crippen molar-refractivity contribution >= 4 is 35.4 Å². The number of ketones is 1. The maximum Gasteiger partial charge on any atom is 0.272 e. The number of carbonyl (C=O) groups is 3. The van der Waals surface area contributed by atoms with Crippen molar-refractivity contribution in [2.45, 2.75) is 0 Å². The molecule has 0 unspecified atom stereocenters. The second-order valence-corrected chi connectivity index (χ2v) is 10.5. The first kappa shape index (κ1) is 33.0. The first-order valence-electron chi connectivity index (χ1n) is 15.1. The number of carbonyl (C=O) groups excluding carboxylic acids is 3. The SMILES string of the molecule is COc1cc(OC)c(OC)cc1/C=C(\NC(=O)c1ccccc1)C(=O)Nc1ccc(C(=O)/C=C/c2ccc(-c3ccccc3)cc2)cc1. The molecule has 0 atom stereocenters. The van der Waals surface area contributed by atoms with Gasteiger partial charge in [-0.25, -0.2) is 0 Å². The molecule has 2 amide bonds.